The fraction of sp³-hybridized carbons (Fsp3) is 0.737. The van der Waals surface area contributed by atoms with Gasteiger partial charge in [0.25, 0.3) is 0 Å². The monoisotopic (exact) mass is 345 g/mol. The van der Waals surface area contributed by atoms with Crippen LogP contribution in [-0.2, 0) is 4.79 Å². The number of rotatable bonds is 3. The van der Waals surface area contributed by atoms with Crippen LogP contribution in [0.15, 0.2) is 6.33 Å². The Balaban J connectivity index is 1.58. The van der Waals surface area contributed by atoms with Gasteiger partial charge in [-0.2, -0.15) is 0 Å². The van der Waals surface area contributed by atoms with Crippen molar-refractivity contribution in [2.75, 3.05) is 44.2 Å². The number of likely N-dealkylation sites (tertiary alicyclic amines) is 1. The van der Waals surface area contributed by atoms with Crippen LogP contribution in [0.5, 0.6) is 0 Å². The number of piperidine rings is 1. The van der Waals surface area contributed by atoms with Crippen LogP contribution >= 0.6 is 0 Å². The maximum Gasteiger partial charge on any atom is 0.227 e. The van der Waals surface area contributed by atoms with Crippen LogP contribution in [0.4, 0.5) is 5.82 Å². The number of carbonyl (C=O) groups excluding carboxylic acids is 1. The lowest BCUT2D eigenvalue weighted by molar-refractivity contribution is -0.137. The molecule has 0 saturated carbocycles. The van der Waals surface area contributed by atoms with Gasteiger partial charge in [0.2, 0.25) is 5.91 Å². The third-order valence-corrected chi connectivity index (χ3v) is 5.73. The van der Waals surface area contributed by atoms with Gasteiger partial charge in [0.15, 0.2) is 0 Å². The summed E-state index contributed by atoms with van der Waals surface area (Å²) < 4.78 is 0. The molecule has 1 atom stereocenters. The van der Waals surface area contributed by atoms with E-state index in [4.69, 9.17) is 0 Å². The zero-order valence-electron chi connectivity index (χ0n) is 16.0. The van der Waals surface area contributed by atoms with Crippen molar-refractivity contribution in [3.8, 4) is 0 Å². The fourth-order valence-electron chi connectivity index (χ4n) is 3.92. The van der Waals surface area contributed by atoms with Gasteiger partial charge in [-0.25, -0.2) is 9.97 Å². The lowest BCUT2D eigenvalue weighted by atomic mass is 9.95. The van der Waals surface area contributed by atoms with Gasteiger partial charge < -0.3 is 14.7 Å². The Kier molecular flexibility index (Phi) is 5.57. The highest BCUT2D eigenvalue weighted by molar-refractivity contribution is 5.79. The SMILES string of the molecule is Cc1ncnc(N2CCN(C(=O)[C@@H]3CCCN(C(C)C)C3)CC2)c1C. The Morgan fingerprint density at radius 3 is 2.52 bits per heavy atom. The molecule has 1 amide bonds. The van der Waals surface area contributed by atoms with Gasteiger partial charge in [0, 0.05) is 50.0 Å². The number of piperazine rings is 1. The highest BCUT2D eigenvalue weighted by atomic mass is 16.2. The number of anilines is 1. The van der Waals surface area contributed by atoms with Gasteiger partial charge in [-0.3, -0.25) is 4.79 Å². The molecular formula is C19H31N5O. The van der Waals surface area contributed by atoms with Crippen LogP contribution < -0.4 is 4.90 Å². The lowest BCUT2D eigenvalue weighted by Gasteiger charge is -2.40. The first-order valence-electron chi connectivity index (χ1n) is 9.53. The molecule has 6 nitrogen and oxygen atoms in total. The lowest BCUT2D eigenvalue weighted by Crippen LogP contribution is -2.53. The van der Waals surface area contributed by atoms with Crippen molar-refractivity contribution in [3.05, 3.63) is 17.6 Å². The highest BCUT2D eigenvalue weighted by Crippen LogP contribution is 2.23. The van der Waals surface area contributed by atoms with Gasteiger partial charge in [0.1, 0.15) is 12.1 Å². The summed E-state index contributed by atoms with van der Waals surface area (Å²) >= 11 is 0. The molecule has 1 aromatic heterocycles. The number of amides is 1. The Labute approximate surface area is 151 Å². The van der Waals surface area contributed by atoms with Crippen LogP contribution in [0.25, 0.3) is 0 Å². The number of nitrogens with zero attached hydrogens (tertiary/aromatic N) is 5. The molecule has 0 N–H and O–H groups in total. The quantitative estimate of drug-likeness (QED) is 0.837. The van der Waals surface area contributed by atoms with Crippen molar-refractivity contribution < 1.29 is 4.79 Å². The van der Waals surface area contributed by atoms with E-state index in [9.17, 15) is 4.79 Å². The van der Waals surface area contributed by atoms with E-state index in [1.54, 1.807) is 6.33 Å². The summed E-state index contributed by atoms with van der Waals surface area (Å²) in [6.45, 7) is 13.9. The molecule has 2 aliphatic rings. The second-order valence-corrected chi connectivity index (χ2v) is 7.65. The molecule has 0 spiro atoms. The van der Waals surface area contributed by atoms with E-state index >= 15 is 0 Å². The molecule has 1 aromatic rings. The maximum absolute atomic E-state index is 12.9. The van der Waals surface area contributed by atoms with Gasteiger partial charge in [-0.05, 0) is 47.1 Å². The number of carbonyl (C=O) groups is 1. The molecule has 3 heterocycles. The van der Waals surface area contributed by atoms with Crippen molar-refractivity contribution in [1.82, 2.24) is 19.8 Å². The van der Waals surface area contributed by atoms with Crippen molar-refractivity contribution in [1.29, 1.82) is 0 Å². The van der Waals surface area contributed by atoms with Crippen LogP contribution in [0.1, 0.15) is 37.9 Å². The van der Waals surface area contributed by atoms with E-state index < -0.39 is 0 Å². The van der Waals surface area contributed by atoms with Gasteiger partial charge in [-0.1, -0.05) is 0 Å². The minimum Gasteiger partial charge on any atom is -0.353 e. The van der Waals surface area contributed by atoms with Crippen LogP contribution in [0, 0.1) is 19.8 Å². The first-order chi connectivity index (χ1) is 12.0. The Morgan fingerprint density at radius 1 is 1.12 bits per heavy atom. The van der Waals surface area contributed by atoms with E-state index in [0.717, 1.165) is 69.2 Å². The van der Waals surface area contributed by atoms with Crippen molar-refractivity contribution in [2.24, 2.45) is 5.92 Å². The predicted octanol–water partition coefficient (Wildman–Crippen LogP) is 1.86. The standard InChI is InChI=1S/C19H31N5O/c1-14(2)24-7-5-6-17(12-24)19(25)23-10-8-22(9-11-23)18-15(3)16(4)20-13-21-18/h13-14,17H,5-12H2,1-4H3/t17-/m1/s1. The number of hydrogen-bond acceptors (Lipinski definition) is 5. The summed E-state index contributed by atoms with van der Waals surface area (Å²) in [6.07, 6.45) is 3.80. The average molecular weight is 345 g/mol. The Hall–Kier alpha value is -1.69. The summed E-state index contributed by atoms with van der Waals surface area (Å²) in [4.78, 5) is 28.4. The number of hydrogen-bond donors (Lipinski definition) is 0. The number of aromatic nitrogens is 2. The smallest absolute Gasteiger partial charge is 0.227 e. The molecule has 2 aliphatic heterocycles. The molecule has 6 heteroatoms. The Morgan fingerprint density at radius 2 is 1.84 bits per heavy atom. The molecule has 0 radical (unpaired) electrons. The summed E-state index contributed by atoms with van der Waals surface area (Å²) in [5.74, 6) is 1.54. The van der Waals surface area contributed by atoms with Crippen LogP contribution in [-0.4, -0.2) is 71.0 Å². The number of aryl methyl sites for hydroxylation is 1. The van der Waals surface area contributed by atoms with Crippen molar-refractivity contribution in [2.45, 2.75) is 46.6 Å². The van der Waals surface area contributed by atoms with Crippen molar-refractivity contribution in [3.63, 3.8) is 0 Å². The third-order valence-electron chi connectivity index (χ3n) is 5.73. The average Bonchev–Trinajstić information content (AvgIpc) is 2.63. The van der Waals surface area contributed by atoms with E-state index in [-0.39, 0.29) is 5.92 Å². The van der Waals surface area contributed by atoms with E-state index in [0.29, 0.717) is 11.9 Å². The van der Waals surface area contributed by atoms with E-state index in [1.807, 2.05) is 6.92 Å². The van der Waals surface area contributed by atoms with Gasteiger partial charge in [0.05, 0.1) is 5.92 Å². The second-order valence-electron chi connectivity index (χ2n) is 7.65. The van der Waals surface area contributed by atoms with E-state index in [1.165, 1.54) is 0 Å². The second kappa shape index (κ2) is 7.68. The molecule has 138 valence electrons. The molecule has 3 rings (SSSR count). The minimum atomic E-state index is 0.172. The van der Waals surface area contributed by atoms with Gasteiger partial charge >= 0.3 is 0 Å². The molecule has 0 bridgehead atoms. The normalized spacial score (nSPS) is 22.5. The topological polar surface area (TPSA) is 52.6 Å². The van der Waals surface area contributed by atoms with Crippen LogP contribution in [0.2, 0.25) is 0 Å². The van der Waals surface area contributed by atoms with E-state index in [2.05, 4.69) is 45.4 Å². The first kappa shape index (κ1) is 18.1. The largest absolute Gasteiger partial charge is 0.353 e. The third kappa shape index (κ3) is 3.94. The van der Waals surface area contributed by atoms with Crippen LogP contribution in [0.3, 0.4) is 0 Å². The zero-order valence-corrected chi connectivity index (χ0v) is 16.0. The maximum atomic E-state index is 12.9. The first-order valence-corrected chi connectivity index (χ1v) is 9.53. The zero-order chi connectivity index (χ0) is 18.0. The molecule has 2 fully saturated rings. The van der Waals surface area contributed by atoms with Gasteiger partial charge in [-0.15, -0.1) is 0 Å². The summed E-state index contributed by atoms with van der Waals surface area (Å²) in [5.41, 5.74) is 2.17. The molecule has 0 unspecified atom stereocenters. The summed E-state index contributed by atoms with van der Waals surface area (Å²) in [7, 11) is 0. The summed E-state index contributed by atoms with van der Waals surface area (Å²) in [6, 6.07) is 0.524. The fourth-order valence-corrected chi connectivity index (χ4v) is 3.92. The molecule has 0 aliphatic carbocycles. The minimum absolute atomic E-state index is 0.172. The van der Waals surface area contributed by atoms with Crippen molar-refractivity contribution >= 4 is 11.7 Å². The molecule has 25 heavy (non-hydrogen) atoms. The highest BCUT2D eigenvalue weighted by Gasteiger charge is 2.32. The predicted molar refractivity (Wildman–Crippen MR) is 99.7 cm³/mol. The molecule has 0 aromatic carbocycles. The molecular weight excluding hydrogens is 314 g/mol. The summed E-state index contributed by atoms with van der Waals surface area (Å²) in [5, 5.41) is 0. The molecule has 2 saturated heterocycles. The Bertz CT molecular complexity index is 610.